The molecule has 6 heteroatoms. The molecule has 1 rings (SSSR count). The molecule has 0 saturated heterocycles. The topological polar surface area (TPSA) is 85.9 Å². The van der Waals surface area contributed by atoms with Crippen LogP contribution < -0.4 is 5.56 Å². The lowest BCUT2D eigenvalue weighted by molar-refractivity contribution is 0.0695. The number of aromatic amines is 2. The summed E-state index contributed by atoms with van der Waals surface area (Å²) in [6, 6.07) is 0.932. The van der Waals surface area contributed by atoms with Crippen molar-refractivity contribution < 1.29 is 9.90 Å². The second kappa shape index (κ2) is 2.67. The zero-order valence-corrected chi connectivity index (χ0v) is 6.07. The maximum absolute atomic E-state index is 10.6. The van der Waals surface area contributed by atoms with E-state index in [9.17, 15) is 9.59 Å². The van der Waals surface area contributed by atoms with Crippen molar-refractivity contribution >= 4 is 18.2 Å². The summed E-state index contributed by atoms with van der Waals surface area (Å²) in [5.74, 6) is -1.21. The Kier molecular flexibility index (Phi) is 1.86. The van der Waals surface area contributed by atoms with Crippen molar-refractivity contribution in [1.29, 1.82) is 0 Å². The van der Waals surface area contributed by atoms with Crippen molar-refractivity contribution in [3.63, 3.8) is 0 Å². The molecule has 58 valence electrons. The Balaban J connectivity index is 3.47. The van der Waals surface area contributed by atoms with E-state index in [1.807, 2.05) is 0 Å². The summed E-state index contributed by atoms with van der Waals surface area (Å²) in [6.45, 7) is 0. The van der Waals surface area contributed by atoms with Crippen LogP contribution in [0.25, 0.3) is 0 Å². The standard InChI is InChI=1S/C5H4N2O3S/c8-3-1-2(5(9)10)4(11)7-6-3/h1H,(H,6,8)(H,7,11)(H,9,10). The lowest BCUT2D eigenvalue weighted by Gasteiger charge is -1.90. The largest absolute Gasteiger partial charge is 0.478 e. The molecule has 0 aliphatic heterocycles. The summed E-state index contributed by atoms with van der Waals surface area (Å²) in [4.78, 5) is 20.9. The van der Waals surface area contributed by atoms with Gasteiger partial charge in [0.15, 0.2) is 0 Å². The van der Waals surface area contributed by atoms with Crippen molar-refractivity contribution in [3.05, 3.63) is 26.6 Å². The maximum Gasteiger partial charge on any atom is 0.338 e. The molecule has 0 aromatic carbocycles. The third kappa shape index (κ3) is 1.53. The van der Waals surface area contributed by atoms with Gasteiger partial charge in [0, 0.05) is 6.07 Å². The maximum atomic E-state index is 10.6. The average molecular weight is 172 g/mol. The van der Waals surface area contributed by atoms with Crippen molar-refractivity contribution in [3.8, 4) is 0 Å². The molecule has 0 radical (unpaired) electrons. The van der Waals surface area contributed by atoms with Crippen molar-refractivity contribution in [2.45, 2.75) is 0 Å². The Morgan fingerprint density at radius 1 is 1.55 bits per heavy atom. The van der Waals surface area contributed by atoms with Gasteiger partial charge in [-0.3, -0.25) is 15.0 Å². The molecular formula is C5H4N2O3S. The summed E-state index contributed by atoms with van der Waals surface area (Å²) < 4.78 is 0.0112. The van der Waals surface area contributed by atoms with Gasteiger partial charge in [-0.2, -0.15) is 0 Å². The second-order valence-electron chi connectivity index (χ2n) is 1.81. The van der Waals surface area contributed by atoms with E-state index in [-0.39, 0.29) is 10.2 Å². The fourth-order valence-electron chi connectivity index (χ4n) is 0.577. The number of carbonyl (C=O) groups is 1. The van der Waals surface area contributed by atoms with Gasteiger partial charge < -0.3 is 5.11 Å². The average Bonchev–Trinajstić information content (AvgIpc) is 1.94. The van der Waals surface area contributed by atoms with Crippen LogP contribution in [0.1, 0.15) is 10.4 Å². The molecule has 0 unspecified atom stereocenters. The first-order valence-electron chi connectivity index (χ1n) is 2.66. The van der Waals surface area contributed by atoms with E-state index in [4.69, 9.17) is 5.11 Å². The number of aromatic nitrogens is 2. The predicted molar refractivity (Wildman–Crippen MR) is 39.2 cm³/mol. The molecule has 1 aromatic heterocycles. The van der Waals surface area contributed by atoms with Crippen LogP contribution in [0.15, 0.2) is 10.9 Å². The van der Waals surface area contributed by atoms with E-state index in [1.165, 1.54) is 0 Å². The molecule has 0 bridgehead atoms. The molecule has 3 N–H and O–H groups in total. The lowest BCUT2D eigenvalue weighted by atomic mass is 10.3. The number of nitrogens with one attached hydrogen (secondary N) is 2. The van der Waals surface area contributed by atoms with Crippen LogP contribution in [0.4, 0.5) is 0 Å². The monoisotopic (exact) mass is 172 g/mol. The number of rotatable bonds is 1. The van der Waals surface area contributed by atoms with Gasteiger partial charge >= 0.3 is 5.97 Å². The van der Waals surface area contributed by atoms with E-state index in [2.05, 4.69) is 22.4 Å². The fourth-order valence-corrected chi connectivity index (χ4v) is 0.775. The van der Waals surface area contributed by atoms with E-state index in [0.717, 1.165) is 6.07 Å². The van der Waals surface area contributed by atoms with Gasteiger partial charge in [-0.05, 0) is 0 Å². The zero-order valence-electron chi connectivity index (χ0n) is 5.25. The third-order valence-corrected chi connectivity index (χ3v) is 1.37. The summed E-state index contributed by atoms with van der Waals surface area (Å²) in [7, 11) is 0. The van der Waals surface area contributed by atoms with Crippen LogP contribution in [0.5, 0.6) is 0 Å². The van der Waals surface area contributed by atoms with Crippen LogP contribution in [0, 0.1) is 4.64 Å². The van der Waals surface area contributed by atoms with Crippen LogP contribution >= 0.6 is 12.2 Å². The molecule has 0 fully saturated rings. The molecule has 0 aliphatic rings. The molecular weight excluding hydrogens is 168 g/mol. The number of hydrogen-bond donors (Lipinski definition) is 3. The highest BCUT2D eigenvalue weighted by atomic mass is 32.1. The molecule has 0 aliphatic carbocycles. The highest BCUT2D eigenvalue weighted by Gasteiger charge is 2.04. The number of carboxylic acid groups (broad SMARTS) is 1. The summed E-state index contributed by atoms with van der Waals surface area (Å²) >= 11 is 4.58. The Hall–Kier alpha value is -1.43. The summed E-state index contributed by atoms with van der Waals surface area (Å²) in [5, 5.41) is 12.8. The zero-order chi connectivity index (χ0) is 8.43. The number of hydrogen-bond acceptors (Lipinski definition) is 3. The molecule has 0 atom stereocenters. The van der Waals surface area contributed by atoms with Crippen molar-refractivity contribution in [2.24, 2.45) is 0 Å². The Morgan fingerprint density at radius 2 is 2.18 bits per heavy atom. The van der Waals surface area contributed by atoms with E-state index >= 15 is 0 Å². The highest BCUT2D eigenvalue weighted by molar-refractivity contribution is 7.71. The number of aromatic carboxylic acids is 1. The van der Waals surface area contributed by atoms with Crippen LogP contribution in [0.3, 0.4) is 0 Å². The second-order valence-corrected chi connectivity index (χ2v) is 2.21. The molecule has 1 aromatic rings. The molecule has 5 nitrogen and oxygen atoms in total. The lowest BCUT2D eigenvalue weighted by Crippen LogP contribution is -2.11. The van der Waals surface area contributed by atoms with Gasteiger partial charge in [-0.15, -0.1) is 0 Å². The van der Waals surface area contributed by atoms with Crippen molar-refractivity contribution in [1.82, 2.24) is 10.2 Å². The quantitative estimate of drug-likeness (QED) is 0.525. The van der Waals surface area contributed by atoms with E-state index < -0.39 is 11.5 Å². The van der Waals surface area contributed by atoms with Gasteiger partial charge in [0.25, 0.3) is 5.56 Å². The molecule has 0 spiro atoms. The van der Waals surface area contributed by atoms with Gasteiger partial charge in [-0.25, -0.2) is 4.79 Å². The van der Waals surface area contributed by atoms with Crippen LogP contribution in [0.2, 0.25) is 0 Å². The van der Waals surface area contributed by atoms with Crippen molar-refractivity contribution in [2.75, 3.05) is 0 Å². The molecule has 1 heterocycles. The molecule has 11 heavy (non-hydrogen) atoms. The van der Waals surface area contributed by atoms with Gasteiger partial charge in [0.1, 0.15) is 10.2 Å². The Bertz CT molecular complexity index is 391. The number of carboxylic acids is 1. The van der Waals surface area contributed by atoms with Gasteiger partial charge in [0.05, 0.1) is 0 Å². The minimum atomic E-state index is -1.21. The first kappa shape index (κ1) is 7.67. The number of H-pyrrole nitrogens is 2. The Morgan fingerprint density at radius 3 is 2.64 bits per heavy atom. The summed E-state index contributed by atoms with van der Waals surface area (Å²) in [5.41, 5.74) is -0.709. The summed E-state index contributed by atoms with van der Waals surface area (Å²) in [6.07, 6.45) is 0. The molecule has 0 amide bonds. The van der Waals surface area contributed by atoms with Crippen LogP contribution in [-0.2, 0) is 0 Å². The van der Waals surface area contributed by atoms with Crippen LogP contribution in [-0.4, -0.2) is 21.3 Å². The highest BCUT2D eigenvalue weighted by Crippen LogP contribution is 1.93. The van der Waals surface area contributed by atoms with Gasteiger partial charge in [0.2, 0.25) is 0 Å². The van der Waals surface area contributed by atoms with E-state index in [1.54, 1.807) is 0 Å². The minimum Gasteiger partial charge on any atom is -0.478 e. The van der Waals surface area contributed by atoms with E-state index in [0.29, 0.717) is 0 Å². The Labute approximate surface area is 65.7 Å². The first-order valence-corrected chi connectivity index (χ1v) is 3.07. The molecule has 0 saturated carbocycles. The van der Waals surface area contributed by atoms with Gasteiger partial charge in [-0.1, -0.05) is 12.2 Å². The smallest absolute Gasteiger partial charge is 0.338 e. The third-order valence-electron chi connectivity index (χ3n) is 1.05. The fraction of sp³-hybridized carbons (Fsp3) is 0. The first-order chi connectivity index (χ1) is 5.11. The predicted octanol–water partition coefficient (Wildman–Crippen LogP) is 0.131. The minimum absolute atomic E-state index is 0.0112. The SMILES string of the molecule is O=C(O)c1cc(=O)[nH][nH]c1=S. The normalized spacial score (nSPS) is 9.45.